The Bertz CT molecular complexity index is 2910. The van der Waals surface area contributed by atoms with Gasteiger partial charge in [0, 0.05) is 77.2 Å². The minimum absolute atomic E-state index is 0. The van der Waals surface area contributed by atoms with Crippen LogP contribution in [0.3, 0.4) is 0 Å². The monoisotopic (exact) mass is 1040 g/mol. The number of fused-ring (bicyclic) bond motifs is 2. The second kappa shape index (κ2) is 24.3. The molecule has 0 saturated heterocycles. The molecule has 4 rings (SSSR count). The van der Waals surface area contributed by atoms with Crippen molar-refractivity contribution in [3.8, 4) is 0 Å². The molecule has 0 spiro atoms. The summed E-state index contributed by atoms with van der Waals surface area (Å²) in [5.74, 6) is -3.02. The topological polar surface area (TPSA) is 346 Å². The SMILES string of the molecule is C.CCCC(=O)c1cc(C(=O)CCC)c2c(c1)[N+](CCCS(=O)(=O)[O-])=C(/C=C/C=C/C=C1/N(CCCS(=O)(=O)O)c3cc(S(=O)(=O)O)cc(C(=O)O)c3C1(C)C)C2(C)C.O=S(=O)=O.O=S(=O)=O. The normalized spacial score (nSPS) is 15.5. The van der Waals surface area contributed by atoms with E-state index in [2.05, 4.69) is 0 Å². The maximum absolute atomic E-state index is 13.6. The Morgan fingerprint density at radius 1 is 0.746 bits per heavy atom. The van der Waals surface area contributed by atoms with Crippen molar-refractivity contribution < 1.29 is 88.2 Å². The molecule has 0 amide bonds. The van der Waals surface area contributed by atoms with Crippen molar-refractivity contribution in [3.63, 3.8) is 0 Å². The zero-order valence-corrected chi connectivity index (χ0v) is 40.7. The Labute approximate surface area is 393 Å². The summed E-state index contributed by atoms with van der Waals surface area (Å²) in [6, 6.07) is 5.31. The predicted octanol–water partition coefficient (Wildman–Crippen LogP) is 4.61. The van der Waals surface area contributed by atoms with Crippen molar-refractivity contribution in [2.45, 2.75) is 103 Å². The lowest BCUT2D eigenvalue weighted by atomic mass is 9.77. The second-order valence-corrected chi connectivity index (χ2v) is 21.1. The van der Waals surface area contributed by atoms with E-state index in [0.29, 0.717) is 46.6 Å². The van der Waals surface area contributed by atoms with Gasteiger partial charge in [0.1, 0.15) is 6.54 Å². The molecule has 2 aliphatic heterocycles. The fraction of sp³-hybridized carbons (Fsp3) is 0.463. The van der Waals surface area contributed by atoms with Crippen LogP contribution in [0.25, 0.3) is 0 Å². The van der Waals surface area contributed by atoms with E-state index in [0.717, 1.165) is 12.1 Å². The molecule has 26 heteroatoms. The maximum atomic E-state index is 13.6. The van der Waals surface area contributed by atoms with Crippen molar-refractivity contribution in [2.24, 2.45) is 0 Å². The van der Waals surface area contributed by atoms with Gasteiger partial charge < -0.3 is 14.6 Å². The highest BCUT2D eigenvalue weighted by atomic mass is 32.2. The van der Waals surface area contributed by atoms with Crippen LogP contribution in [-0.4, -0.2) is 122 Å². The van der Waals surface area contributed by atoms with E-state index in [1.807, 2.05) is 32.3 Å². The van der Waals surface area contributed by atoms with Gasteiger partial charge in [-0.2, -0.15) is 21.4 Å². The Balaban J connectivity index is 0.00000230. The minimum Gasteiger partial charge on any atom is -0.748 e. The molecule has 0 bridgehead atoms. The zero-order chi connectivity index (χ0) is 50.7. The molecular weight excluding hydrogens is 985 g/mol. The van der Waals surface area contributed by atoms with Gasteiger partial charge in [-0.05, 0) is 57.4 Å². The van der Waals surface area contributed by atoms with Crippen molar-refractivity contribution in [1.82, 2.24) is 0 Å². The number of carbonyl (C=O) groups excluding carboxylic acids is 2. The molecule has 2 heterocycles. The fourth-order valence-electron chi connectivity index (χ4n) is 7.83. The molecule has 2 aliphatic rings. The number of carboxylic acids is 1. The zero-order valence-electron chi connectivity index (χ0n) is 36.6. The van der Waals surface area contributed by atoms with Crippen LogP contribution in [0, 0.1) is 0 Å². The predicted molar refractivity (Wildman–Crippen MR) is 244 cm³/mol. The molecule has 67 heavy (non-hydrogen) atoms. The van der Waals surface area contributed by atoms with Gasteiger partial charge >= 0.3 is 27.2 Å². The number of Topliss-reactive ketones (excluding diaryl/α,β-unsaturated/α-hetero) is 2. The third-order valence-electron chi connectivity index (χ3n) is 10.3. The van der Waals surface area contributed by atoms with E-state index in [1.54, 1.807) is 61.3 Å². The number of ketones is 2. The molecule has 0 fully saturated rings. The smallest absolute Gasteiger partial charge is 0.425 e. The summed E-state index contributed by atoms with van der Waals surface area (Å²) < 4.78 is 154. The molecule has 2 aromatic rings. The van der Waals surface area contributed by atoms with Crippen LogP contribution in [0.4, 0.5) is 11.4 Å². The molecule has 0 atom stereocenters. The van der Waals surface area contributed by atoms with E-state index in [9.17, 15) is 58.4 Å². The van der Waals surface area contributed by atoms with Crippen molar-refractivity contribution in [2.75, 3.05) is 29.5 Å². The van der Waals surface area contributed by atoms with E-state index < -0.39 is 84.8 Å². The Hall–Kier alpha value is -5.09. The maximum Gasteiger partial charge on any atom is 0.425 e. The van der Waals surface area contributed by atoms with Crippen LogP contribution < -0.4 is 4.90 Å². The largest absolute Gasteiger partial charge is 0.748 e. The number of hydrogen-bond acceptors (Lipinski definition) is 17. The summed E-state index contributed by atoms with van der Waals surface area (Å²) in [5, 5.41) is 10.1. The average Bonchev–Trinajstić information content (AvgIpc) is 3.50. The molecule has 0 radical (unpaired) electrons. The van der Waals surface area contributed by atoms with Gasteiger partial charge in [0.25, 0.3) is 20.2 Å². The Kier molecular flexibility index (Phi) is 21.7. The van der Waals surface area contributed by atoms with Gasteiger partial charge in [-0.3, -0.25) is 18.7 Å². The fourth-order valence-corrected chi connectivity index (χ4v) is 9.33. The summed E-state index contributed by atoms with van der Waals surface area (Å²) in [5.41, 5.74) is 1.09. The first-order valence-corrected chi connectivity index (χ1v) is 26.4. The van der Waals surface area contributed by atoms with E-state index in [-0.39, 0.29) is 74.6 Å². The molecule has 0 unspecified atom stereocenters. The molecule has 372 valence electrons. The standard InChI is InChI=1S/C40H50N2O13S3.CH4.2O3S/c1-7-14-32(43)26-22-28(33(44)15-8-2)36-30(23-26)41(18-12-20-56(47,48)49)34(39(36,3)4)16-10-9-11-17-35-40(5,6)37-29(38(45)46)24-27(58(53,54)55)25-31(37)42(35)19-13-21-57(50,51)52;;2*1-4(2)3/h9-11,16-17,22-25H,7-8,12-15,18-21H2,1-6H3,(H3-,45,46,47,48,49,50,51,52,53,54,55);1H4;;. The molecule has 21 nitrogen and oxygen atoms in total. The van der Waals surface area contributed by atoms with Gasteiger partial charge in [0.05, 0.1) is 37.3 Å². The third-order valence-corrected chi connectivity index (χ3v) is 12.7. The molecule has 0 aliphatic carbocycles. The van der Waals surface area contributed by atoms with Crippen LogP contribution in [0.15, 0.2) is 65.2 Å². The first-order chi connectivity index (χ1) is 30.2. The minimum atomic E-state index is -4.86. The number of allylic oxidation sites excluding steroid dienone is 6. The van der Waals surface area contributed by atoms with Crippen molar-refractivity contribution in [3.05, 3.63) is 88.2 Å². The number of aromatic carboxylic acids is 1. The number of rotatable bonds is 19. The Morgan fingerprint density at radius 2 is 1.30 bits per heavy atom. The van der Waals surface area contributed by atoms with Crippen LogP contribution >= 0.6 is 0 Å². The van der Waals surface area contributed by atoms with Crippen LogP contribution in [0.2, 0.25) is 0 Å². The van der Waals surface area contributed by atoms with Crippen LogP contribution in [0.5, 0.6) is 0 Å². The number of nitrogens with zero attached hydrogens (tertiary/aromatic N) is 2. The first-order valence-electron chi connectivity index (χ1n) is 19.8. The second-order valence-electron chi connectivity index (χ2n) is 15.8. The third kappa shape index (κ3) is 16.6. The molecule has 3 N–H and O–H groups in total. The van der Waals surface area contributed by atoms with Crippen molar-refractivity contribution >= 4 is 86.2 Å². The number of carbonyl (C=O) groups is 3. The van der Waals surface area contributed by atoms with Crippen LogP contribution in [0.1, 0.15) is 130 Å². The van der Waals surface area contributed by atoms with Gasteiger partial charge in [-0.25, -0.2) is 13.2 Å². The Morgan fingerprint density at radius 3 is 1.79 bits per heavy atom. The molecular formula is C41H54N2O19S5. The summed E-state index contributed by atoms with van der Waals surface area (Å²) >= 11 is 0. The van der Waals surface area contributed by atoms with E-state index in [4.69, 9.17) is 25.3 Å². The number of anilines is 1. The lowest BCUT2D eigenvalue weighted by Gasteiger charge is -2.27. The summed E-state index contributed by atoms with van der Waals surface area (Å²) in [6.07, 6.45) is 9.86. The highest BCUT2D eigenvalue weighted by Crippen LogP contribution is 2.50. The lowest BCUT2D eigenvalue weighted by molar-refractivity contribution is -0.437. The highest BCUT2D eigenvalue weighted by molar-refractivity contribution is 7.86. The summed E-state index contributed by atoms with van der Waals surface area (Å²) in [7, 11) is -20.0. The first kappa shape index (κ1) is 59.9. The summed E-state index contributed by atoms with van der Waals surface area (Å²) in [4.78, 5) is 40.1. The molecule has 0 saturated carbocycles. The molecule has 0 aromatic heterocycles. The van der Waals surface area contributed by atoms with Gasteiger partial charge in [0.2, 0.25) is 5.69 Å². The van der Waals surface area contributed by atoms with Gasteiger partial charge in [-0.1, -0.05) is 53.3 Å². The highest BCUT2D eigenvalue weighted by Gasteiger charge is 2.48. The van der Waals surface area contributed by atoms with E-state index in [1.165, 1.54) is 0 Å². The van der Waals surface area contributed by atoms with Crippen molar-refractivity contribution in [1.29, 1.82) is 0 Å². The number of benzene rings is 2. The lowest BCUT2D eigenvalue weighted by Crippen LogP contribution is -2.29. The van der Waals surface area contributed by atoms with Gasteiger partial charge in [0.15, 0.2) is 17.3 Å². The summed E-state index contributed by atoms with van der Waals surface area (Å²) in [6.45, 7) is 11.0. The quantitative estimate of drug-likeness (QED) is 0.0748. The number of carboxylic acid groups (broad SMARTS) is 1. The number of hydrogen-bond donors (Lipinski definition) is 3. The average molecular weight is 1040 g/mol. The van der Waals surface area contributed by atoms with E-state index >= 15 is 0 Å². The van der Waals surface area contributed by atoms with Crippen LogP contribution in [-0.2, 0) is 62.4 Å². The molecule has 2 aromatic carbocycles. The van der Waals surface area contributed by atoms with Gasteiger partial charge in [-0.15, -0.1) is 25.3 Å².